The Labute approximate surface area is 210 Å². The zero-order valence-corrected chi connectivity index (χ0v) is 21.4. The maximum atomic E-state index is 13.4. The minimum atomic E-state index is -3.85. The summed E-state index contributed by atoms with van der Waals surface area (Å²) in [5.74, 6) is 0.339. The molecule has 0 aliphatic carbocycles. The second kappa shape index (κ2) is 9.11. The molecule has 34 heavy (non-hydrogen) atoms. The van der Waals surface area contributed by atoms with Gasteiger partial charge in [-0.3, -0.25) is 10.2 Å². The van der Waals surface area contributed by atoms with Crippen LogP contribution in [-0.4, -0.2) is 79.7 Å². The molecule has 10 nitrogen and oxygen atoms in total. The van der Waals surface area contributed by atoms with Crippen LogP contribution in [0.4, 0.5) is 4.79 Å². The van der Waals surface area contributed by atoms with E-state index in [-0.39, 0.29) is 29.9 Å². The molecule has 0 radical (unpaired) electrons. The lowest BCUT2D eigenvalue weighted by atomic mass is 10.2. The van der Waals surface area contributed by atoms with Gasteiger partial charge >= 0.3 is 6.03 Å². The number of sulfonamides is 1. The van der Waals surface area contributed by atoms with Crippen molar-refractivity contribution in [1.29, 1.82) is 0 Å². The highest BCUT2D eigenvalue weighted by Crippen LogP contribution is 2.34. The van der Waals surface area contributed by atoms with Crippen LogP contribution in [0.15, 0.2) is 39.2 Å². The second-order valence-electron chi connectivity index (χ2n) is 8.00. The van der Waals surface area contributed by atoms with E-state index < -0.39 is 22.0 Å². The molecule has 1 aromatic heterocycles. The number of nitrogens with zero attached hydrogens (tertiary/aromatic N) is 3. The number of hydrazine groups is 1. The van der Waals surface area contributed by atoms with E-state index in [1.807, 2.05) is 0 Å². The van der Waals surface area contributed by atoms with Crippen molar-refractivity contribution < 1.29 is 18.0 Å². The zero-order chi connectivity index (χ0) is 24.0. The molecular formula is C20H23ClN6O4S3. The van der Waals surface area contributed by atoms with E-state index in [0.717, 1.165) is 38.0 Å². The molecule has 3 amide bonds. The molecule has 3 aliphatic heterocycles. The van der Waals surface area contributed by atoms with Crippen LogP contribution in [0.3, 0.4) is 0 Å². The highest BCUT2D eigenvalue weighted by Gasteiger charge is 2.42. The van der Waals surface area contributed by atoms with E-state index >= 15 is 0 Å². The molecular weight excluding hydrogens is 520 g/mol. The van der Waals surface area contributed by atoms with Crippen molar-refractivity contribution in [2.24, 2.45) is 0 Å². The third kappa shape index (κ3) is 4.19. The van der Waals surface area contributed by atoms with Crippen molar-refractivity contribution >= 4 is 66.7 Å². The Morgan fingerprint density at radius 3 is 2.82 bits per heavy atom. The Kier molecular flexibility index (Phi) is 6.31. The van der Waals surface area contributed by atoms with E-state index in [9.17, 15) is 18.0 Å². The molecule has 5 rings (SSSR count). The van der Waals surface area contributed by atoms with E-state index in [4.69, 9.17) is 11.6 Å². The van der Waals surface area contributed by atoms with Gasteiger partial charge in [0.1, 0.15) is 15.3 Å². The highest BCUT2D eigenvalue weighted by atomic mass is 35.5. The number of urea groups is 1. The van der Waals surface area contributed by atoms with Crippen molar-refractivity contribution in [3.8, 4) is 0 Å². The maximum Gasteiger partial charge on any atom is 0.339 e. The summed E-state index contributed by atoms with van der Waals surface area (Å²) in [6, 6.07) is 5.55. The van der Waals surface area contributed by atoms with Gasteiger partial charge in [0, 0.05) is 55.1 Å². The molecule has 14 heteroatoms. The van der Waals surface area contributed by atoms with Crippen molar-refractivity contribution in [3.05, 3.63) is 40.0 Å². The van der Waals surface area contributed by atoms with Gasteiger partial charge < -0.3 is 15.5 Å². The molecule has 3 aliphatic rings. The lowest BCUT2D eigenvalue weighted by molar-refractivity contribution is -0.126. The minimum Gasteiger partial charge on any atom is -0.377 e. The number of piperazine rings is 1. The number of amides is 3. The Morgan fingerprint density at radius 1 is 1.21 bits per heavy atom. The summed E-state index contributed by atoms with van der Waals surface area (Å²) in [4.78, 5) is 27.5. The number of nitrogens with one attached hydrogen (secondary N) is 3. The van der Waals surface area contributed by atoms with Gasteiger partial charge in [-0.15, -0.1) is 11.3 Å². The second-order valence-corrected chi connectivity index (χ2v) is 12.7. The number of thioether (sulfide) groups is 1. The number of carbonyl (C=O) groups excluding carboxylic acids is 2. The molecule has 1 aromatic carbocycles. The number of benzene rings is 1. The smallest absolute Gasteiger partial charge is 0.339 e. The monoisotopic (exact) mass is 542 g/mol. The van der Waals surface area contributed by atoms with Crippen LogP contribution in [0.5, 0.6) is 0 Å². The number of likely N-dealkylation sites (N-methyl/N-ethyl adjacent to an activating group) is 1. The SMILES string of the molecule is CNC(=O)C1CN(S(=O)(=O)c2cc3ccc(Cl)cc3s2)CCN1C(=O)N1CCC2=C(N1)SCN2. The largest absolute Gasteiger partial charge is 0.377 e. The van der Waals surface area contributed by atoms with Crippen LogP contribution >= 0.6 is 34.7 Å². The predicted molar refractivity (Wildman–Crippen MR) is 133 cm³/mol. The number of carbonyl (C=O) groups is 2. The molecule has 2 aromatic rings. The fraction of sp³-hybridized carbons (Fsp3) is 0.400. The van der Waals surface area contributed by atoms with Gasteiger partial charge in [0.2, 0.25) is 5.91 Å². The number of rotatable bonds is 3. The lowest BCUT2D eigenvalue weighted by Gasteiger charge is -2.42. The first-order chi connectivity index (χ1) is 16.3. The molecule has 0 saturated carbocycles. The molecule has 1 saturated heterocycles. The van der Waals surface area contributed by atoms with Crippen LogP contribution in [0.1, 0.15) is 6.42 Å². The van der Waals surface area contributed by atoms with Crippen molar-refractivity contribution in [2.45, 2.75) is 16.7 Å². The summed E-state index contributed by atoms with van der Waals surface area (Å²) < 4.78 is 29.1. The molecule has 182 valence electrons. The first kappa shape index (κ1) is 23.5. The topological polar surface area (TPSA) is 114 Å². The predicted octanol–water partition coefficient (Wildman–Crippen LogP) is 1.77. The Hall–Kier alpha value is -2.19. The van der Waals surface area contributed by atoms with Gasteiger partial charge in [-0.1, -0.05) is 29.4 Å². The van der Waals surface area contributed by atoms with Crippen LogP contribution in [0.25, 0.3) is 10.1 Å². The van der Waals surface area contributed by atoms with E-state index in [2.05, 4.69) is 16.1 Å². The first-order valence-electron chi connectivity index (χ1n) is 10.6. The third-order valence-electron chi connectivity index (χ3n) is 6.02. The maximum absolute atomic E-state index is 13.4. The number of fused-ring (bicyclic) bond motifs is 1. The Bertz CT molecular complexity index is 1300. The fourth-order valence-electron chi connectivity index (χ4n) is 4.20. The third-order valence-corrected chi connectivity index (χ3v) is 10.6. The van der Waals surface area contributed by atoms with Gasteiger partial charge in [0.25, 0.3) is 10.0 Å². The highest BCUT2D eigenvalue weighted by molar-refractivity contribution is 8.03. The average Bonchev–Trinajstić information content (AvgIpc) is 3.49. The average molecular weight is 543 g/mol. The molecule has 1 fully saturated rings. The molecule has 1 atom stereocenters. The van der Waals surface area contributed by atoms with E-state index in [1.54, 1.807) is 36.0 Å². The van der Waals surface area contributed by atoms with E-state index in [0.29, 0.717) is 18.0 Å². The van der Waals surface area contributed by atoms with Crippen molar-refractivity contribution in [3.63, 3.8) is 0 Å². The number of thiophene rings is 1. The Morgan fingerprint density at radius 2 is 2.03 bits per heavy atom. The number of halogens is 1. The van der Waals surface area contributed by atoms with Crippen LogP contribution in [0.2, 0.25) is 5.02 Å². The van der Waals surface area contributed by atoms with Gasteiger partial charge in [0.15, 0.2) is 0 Å². The normalized spacial score (nSPS) is 21.3. The first-order valence-corrected chi connectivity index (χ1v) is 14.3. The molecule has 1 unspecified atom stereocenters. The van der Waals surface area contributed by atoms with Crippen LogP contribution in [-0.2, 0) is 14.8 Å². The summed E-state index contributed by atoms with van der Waals surface area (Å²) in [6.45, 7) is 0.520. The molecule has 0 spiro atoms. The number of hydrogen-bond acceptors (Lipinski definition) is 8. The van der Waals surface area contributed by atoms with Gasteiger partial charge in [-0.2, -0.15) is 4.31 Å². The molecule has 0 bridgehead atoms. The van der Waals surface area contributed by atoms with Gasteiger partial charge in [0.05, 0.1) is 5.88 Å². The van der Waals surface area contributed by atoms with Gasteiger partial charge in [-0.05, 0) is 23.6 Å². The Balaban J connectivity index is 1.37. The summed E-state index contributed by atoms with van der Waals surface area (Å²) >= 11 is 8.77. The lowest BCUT2D eigenvalue weighted by Crippen LogP contribution is -2.64. The van der Waals surface area contributed by atoms with Crippen LogP contribution in [0, 0.1) is 0 Å². The zero-order valence-electron chi connectivity index (χ0n) is 18.2. The van der Waals surface area contributed by atoms with Gasteiger partial charge in [-0.25, -0.2) is 18.2 Å². The fourth-order valence-corrected chi connectivity index (χ4v) is 8.38. The quantitative estimate of drug-likeness (QED) is 0.541. The summed E-state index contributed by atoms with van der Waals surface area (Å²) in [5.41, 5.74) is 4.21. The molecule has 3 N–H and O–H groups in total. The van der Waals surface area contributed by atoms with Crippen molar-refractivity contribution in [2.75, 3.05) is 39.1 Å². The standard InChI is InChI=1S/C20H23ClN6O4S3/c1-22-18(28)15-10-25(34(30,31)17-8-12-2-3-13(21)9-16(12)33-17)6-7-26(15)20(29)27-5-4-14-19(24-27)32-11-23-14/h2-3,8-9,15,23-24H,4-7,10-11H2,1H3,(H,22,28). The molecule has 4 heterocycles. The minimum absolute atomic E-state index is 0.0919. The van der Waals surface area contributed by atoms with Crippen LogP contribution < -0.4 is 16.1 Å². The van der Waals surface area contributed by atoms with Crippen molar-refractivity contribution in [1.82, 2.24) is 30.3 Å². The summed E-state index contributed by atoms with van der Waals surface area (Å²) in [5, 5.41) is 9.56. The van der Waals surface area contributed by atoms with E-state index in [1.165, 1.54) is 21.3 Å². The summed E-state index contributed by atoms with van der Waals surface area (Å²) in [7, 11) is -2.38. The number of hydrogen-bond donors (Lipinski definition) is 3. The summed E-state index contributed by atoms with van der Waals surface area (Å²) in [6.07, 6.45) is 0.690.